The van der Waals surface area contributed by atoms with Crippen molar-refractivity contribution in [2.45, 2.75) is 39.5 Å². The van der Waals surface area contributed by atoms with Crippen molar-refractivity contribution in [1.29, 1.82) is 0 Å². The number of aromatic carboxylic acids is 1. The van der Waals surface area contributed by atoms with Gasteiger partial charge in [0.25, 0.3) is 0 Å². The number of aryl methyl sites for hydroxylation is 1. The largest absolute Gasteiger partial charge is 0.476 e. The summed E-state index contributed by atoms with van der Waals surface area (Å²) in [6, 6.07) is 7.94. The van der Waals surface area contributed by atoms with Gasteiger partial charge in [0.05, 0.1) is 9.88 Å². The standard InChI is InChI=1S/C16H19NO2S/c1-5-10-8-6-7-9-11(10)13-12(14(18)19)17-15(20-13)16(2,3)4/h6-9H,5H2,1-4H3,(H,18,19). The van der Waals surface area contributed by atoms with Crippen molar-refractivity contribution in [2.75, 3.05) is 0 Å². The van der Waals surface area contributed by atoms with Crippen LogP contribution in [-0.4, -0.2) is 16.1 Å². The Kier molecular flexibility index (Phi) is 3.95. The van der Waals surface area contributed by atoms with Gasteiger partial charge in [0.2, 0.25) is 0 Å². The van der Waals surface area contributed by atoms with E-state index in [4.69, 9.17) is 0 Å². The highest BCUT2D eigenvalue weighted by molar-refractivity contribution is 7.15. The molecule has 1 aromatic carbocycles. The van der Waals surface area contributed by atoms with Crippen LogP contribution in [0.15, 0.2) is 24.3 Å². The first-order valence-electron chi connectivity index (χ1n) is 6.67. The van der Waals surface area contributed by atoms with E-state index >= 15 is 0 Å². The number of benzene rings is 1. The van der Waals surface area contributed by atoms with Gasteiger partial charge in [-0.25, -0.2) is 9.78 Å². The second kappa shape index (κ2) is 5.37. The molecule has 0 spiro atoms. The summed E-state index contributed by atoms with van der Waals surface area (Å²) in [4.78, 5) is 16.6. The summed E-state index contributed by atoms with van der Waals surface area (Å²) in [5.41, 5.74) is 2.16. The third-order valence-corrected chi connectivity index (χ3v) is 4.63. The molecule has 20 heavy (non-hydrogen) atoms. The number of rotatable bonds is 3. The van der Waals surface area contributed by atoms with Gasteiger partial charge in [-0.15, -0.1) is 11.3 Å². The monoisotopic (exact) mass is 289 g/mol. The minimum atomic E-state index is -0.961. The first-order chi connectivity index (χ1) is 9.34. The van der Waals surface area contributed by atoms with E-state index in [1.54, 1.807) is 0 Å². The maximum absolute atomic E-state index is 11.5. The van der Waals surface area contributed by atoms with E-state index < -0.39 is 5.97 Å². The highest BCUT2D eigenvalue weighted by atomic mass is 32.1. The Morgan fingerprint density at radius 3 is 2.50 bits per heavy atom. The van der Waals surface area contributed by atoms with E-state index in [-0.39, 0.29) is 11.1 Å². The fraction of sp³-hybridized carbons (Fsp3) is 0.375. The smallest absolute Gasteiger partial charge is 0.356 e. The lowest BCUT2D eigenvalue weighted by atomic mass is 9.98. The number of aromatic nitrogens is 1. The van der Waals surface area contributed by atoms with Crippen molar-refractivity contribution in [2.24, 2.45) is 0 Å². The zero-order valence-corrected chi connectivity index (χ0v) is 13.0. The zero-order valence-electron chi connectivity index (χ0n) is 12.2. The minimum Gasteiger partial charge on any atom is -0.476 e. The second-order valence-electron chi connectivity index (χ2n) is 5.76. The van der Waals surface area contributed by atoms with Crippen LogP contribution in [0.3, 0.4) is 0 Å². The van der Waals surface area contributed by atoms with Gasteiger partial charge >= 0.3 is 5.97 Å². The molecule has 0 radical (unpaired) electrons. The molecule has 4 heteroatoms. The molecular formula is C16H19NO2S. The van der Waals surface area contributed by atoms with Crippen LogP contribution in [-0.2, 0) is 11.8 Å². The molecule has 0 unspecified atom stereocenters. The Morgan fingerprint density at radius 2 is 1.95 bits per heavy atom. The summed E-state index contributed by atoms with van der Waals surface area (Å²) in [7, 11) is 0. The van der Waals surface area contributed by atoms with Crippen LogP contribution in [0.1, 0.15) is 48.8 Å². The SMILES string of the molecule is CCc1ccccc1-c1sc(C(C)(C)C)nc1C(=O)O. The predicted molar refractivity (Wildman–Crippen MR) is 82.6 cm³/mol. The molecule has 1 heterocycles. The average Bonchev–Trinajstić information content (AvgIpc) is 2.83. The minimum absolute atomic E-state index is 0.145. The van der Waals surface area contributed by atoms with Crippen molar-refractivity contribution in [1.82, 2.24) is 4.98 Å². The molecule has 0 saturated heterocycles. The Labute approximate surface area is 123 Å². The van der Waals surface area contributed by atoms with E-state index in [2.05, 4.69) is 11.9 Å². The van der Waals surface area contributed by atoms with Crippen LogP contribution < -0.4 is 0 Å². The van der Waals surface area contributed by atoms with E-state index in [0.717, 1.165) is 27.4 Å². The lowest BCUT2D eigenvalue weighted by Crippen LogP contribution is -2.11. The number of hydrogen-bond donors (Lipinski definition) is 1. The average molecular weight is 289 g/mol. The summed E-state index contributed by atoms with van der Waals surface area (Å²) in [5, 5.41) is 10.3. The predicted octanol–water partition coefficient (Wildman–Crippen LogP) is 4.37. The molecule has 0 aliphatic carbocycles. The van der Waals surface area contributed by atoms with E-state index in [1.807, 2.05) is 45.0 Å². The molecular weight excluding hydrogens is 270 g/mol. The number of nitrogens with zero attached hydrogens (tertiary/aromatic N) is 1. The number of hydrogen-bond acceptors (Lipinski definition) is 3. The zero-order chi connectivity index (χ0) is 14.9. The highest BCUT2D eigenvalue weighted by Crippen LogP contribution is 2.37. The van der Waals surface area contributed by atoms with Gasteiger partial charge in [-0.3, -0.25) is 0 Å². The fourth-order valence-corrected chi connectivity index (χ4v) is 3.19. The molecule has 0 saturated carbocycles. The summed E-state index contributed by atoms with van der Waals surface area (Å²) in [6.07, 6.45) is 0.873. The molecule has 0 bridgehead atoms. The van der Waals surface area contributed by atoms with Gasteiger partial charge in [0.15, 0.2) is 5.69 Å². The van der Waals surface area contributed by atoms with Gasteiger partial charge in [-0.05, 0) is 17.5 Å². The molecule has 2 rings (SSSR count). The number of carboxylic acid groups (broad SMARTS) is 1. The molecule has 3 nitrogen and oxygen atoms in total. The van der Waals surface area contributed by atoms with Crippen LogP contribution in [0, 0.1) is 0 Å². The lowest BCUT2D eigenvalue weighted by Gasteiger charge is -2.13. The van der Waals surface area contributed by atoms with Crippen molar-refractivity contribution >= 4 is 17.3 Å². The topological polar surface area (TPSA) is 50.2 Å². The Morgan fingerprint density at radius 1 is 1.30 bits per heavy atom. The van der Waals surface area contributed by atoms with E-state index in [0.29, 0.717) is 0 Å². The molecule has 106 valence electrons. The molecule has 0 aliphatic rings. The van der Waals surface area contributed by atoms with Crippen LogP contribution in [0.25, 0.3) is 10.4 Å². The van der Waals surface area contributed by atoms with Gasteiger partial charge in [-0.1, -0.05) is 52.0 Å². The van der Waals surface area contributed by atoms with Crippen LogP contribution in [0.5, 0.6) is 0 Å². The maximum atomic E-state index is 11.5. The summed E-state index contributed by atoms with van der Waals surface area (Å²) in [6.45, 7) is 8.22. The maximum Gasteiger partial charge on any atom is 0.356 e. The number of carbonyl (C=O) groups is 1. The lowest BCUT2D eigenvalue weighted by molar-refractivity contribution is 0.0692. The molecule has 0 aliphatic heterocycles. The first-order valence-corrected chi connectivity index (χ1v) is 7.49. The normalized spacial score (nSPS) is 11.6. The van der Waals surface area contributed by atoms with Crippen LogP contribution >= 0.6 is 11.3 Å². The van der Waals surface area contributed by atoms with E-state index in [9.17, 15) is 9.90 Å². The van der Waals surface area contributed by atoms with Gasteiger partial charge in [0, 0.05) is 5.41 Å². The first kappa shape index (κ1) is 14.7. The van der Waals surface area contributed by atoms with Crippen molar-refractivity contribution in [3.05, 3.63) is 40.5 Å². The molecule has 0 amide bonds. The summed E-state index contributed by atoms with van der Waals surface area (Å²) < 4.78 is 0. The van der Waals surface area contributed by atoms with Gasteiger partial charge in [0.1, 0.15) is 0 Å². The summed E-state index contributed by atoms with van der Waals surface area (Å²) in [5.74, 6) is -0.961. The Bertz CT molecular complexity index is 638. The highest BCUT2D eigenvalue weighted by Gasteiger charge is 2.25. The molecule has 0 atom stereocenters. The Balaban J connectivity index is 2.67. The third kappa shape index (κ3) is 2.75. The van der Waals surface area contributed by atoms with Gasteiger partial charge in [-0.2, -0.15) is 0 Å². The quantitative estimate of drug-likeness (QED) is 0.913. The molecule has 0 fully saturated rings. The van der Waals surface area contributed by atoms with Crippen LogP contribution in [0.4, 0.5) is 0 Å². The van der Waals surface area contributed by atoms with Gasteiger partial charge < -0.3 is 5.11 Å². The van der Waals surface area contributed by atoms with Crippen molar-refractivity contribution in [3.63, 3.8) is 0 Å². The van der Waals surface area contributed by atoms with Crippen LogP contribution in [0.2, 0.25) is 0 Å². The van der Waals surface area contributed by atoms with Crippen molar-refractivity contribution in [3.8, 4) is 10.4 Å². The summed E-state index contributed by atoms with van der Waals surface area (Å²) >= 11 is 1.49. The van der Waals surface area contributed by atoms with Crippen molar-refractivity contribution < 1.29 is 9.90 Å². The molecule has 1 N–H and O–H groups in total. The third-order valence-electron chi connectivity index (χ3n) is 3.11. The Hall–Kier alpha value is -1.68. The van der Waals surface area contributed by atoms with E-state index in [1.165, 1.54) is 11.3 Å². The molecule has 2 aromatic rings. The number of carboxylic acids is 1. The molecule has 1 aromatic heterocycles. The second-order valence-corrected chi connectivity index (χ2v) is 6.76. The number of thiazole rings is 1. The fourth-order valence-electron chi connectivity index (χ4n) is 2.02.